The molecule has 1 amide bonds. The van der Waals surface area contributed by atoms with E-state index in [1.807, 2.05) is 24.3 Å². The molecule has 0 aromatic heterocycles. The normalized spacial score (nSPS) is 21.0. The van der Waals surface area contributed by atoms with Gasteiger partial charge in [0.2, 0.25) is 5.91 Å². The third-order valence-electron chi connectivity index (χ3n) is 4.74. The van der Waals surface area contributed by atoms with E-state index in [2.05, 4.69) is 47.9 Å². The molecule has 4 nitrogen and oxygen atoms in total. The van der Waals surface area contributed by atoms with E-state index in [9.17, 15) is 4.79 Å². The van der Waals surface area contributed by atoms with Gasteiger partial charge in [0.1, 0.15) is 0 Å². The van der Waals surface area contributed by atoms with Gasteiger partial charge in [0.15, 0.2) is 0 Å². The maximum absolute atomic E-state index is 11.2. The van der Waals surface area contributed by atoms with Gasteiger partial charge in [-0.25, -0.2) is 0 Å². The molecule has 1 fully saturated rings. The fraction of sp³-hybridized carbons (Fsp3) is 0.381. The zero-order valence-corrected chi connectivity index (χ0v) is 14.9. The lowest BCUT2D eigenvalue weighted by Gasteiger charge is -2.22. The first kappa shape index (κ1) is 17.6. The van der Waals surface area contributed by atoms with Gasteiger partial charge in [-0.2, -0.15) is 0 Å². The Hall–Kier alpha value is -2.17. The highest BCUT2D eigenvalue weighted by Gasteiger charge is 2.29. The minimum absolute atomic E-state index is 0.0495. The van der Waals surface area contributed by atoms with E-state index in [4.69, 9.17) is 4.74 Å². The first-order chi connectivity index (χ1) is 12.1. The molecule has 2 aromatic carbocycles. The molecular formula is C21H26N2O2. The lowest BCUT2D eigenvalue weighted by Crippen LogP contribution is -2.27. The van der Waals surface area contributed by atoms with Gasteiger partial charge < -0.3 is 15.4 Å². The Kier molecular flexibility index (Phi) is 5.84. The molecule has 3 rings (SSSR count). The summed E-state index contributed by atoms with van der Waals surface area (Å²) < 4.78 is 5.97. The van der Waals surface area contributed by atoms with Crippen LogP contribution in [0, 0.1) is 5.92 Å². The molecule has 0 radical (unpaired) electrons. The second-order valence-corrected chi connectivity index (χ2v) is 6.69. The number of ether oxygens (including phenoxy) is 1. The van der Waals surface area contributed by atoms with Gasteiger partial charge in [-0.3, -0.25) is 4.79 Å². The average molecular weight is 338 g/mol. The van der Waals surface area contributed by atoms with Crippen LogP contribution < -0.4 is 10.6 Å². The molecule has 1 saturated heterocycles. The second kappa shape index (κ2) is 8.28. The summed E-state index contributed by atoms with van der Waals surface area (Å²) in [6.45, 7) is 5.40. The SMILES string of the molecule is CC(=O)Nc1cccc([C@H](C)NC[C@H]2CCO[C@@H]2c2ccccc2)c1. The van der Waals surface area contributed by atoms with E-state index < -0.39 is 0 Å². The van der Waals surface area contributed by atoms with Crippen LogP contribution in [0.3, 0.4) is 0 Å². The van der Waals surface area contributed by atoms with Gasteiger partial charge in [-0.1, -0.05) is 42.5 Å². The molecule has 0 spiro atoms. The third-order valence-corrected chi connectivity index (χ3v) is 4.74. The van der Waals surface area contributed by atoms with Gasteiger partial charge in [-0.15, -0.1) is 0 Å². The summed E-state index contributed by atoms with van der Waals surface area (Å²) in [5, 5.41) is 6.47. The van der Waals surface area contributed by atoms with E-state index in [0.717, 1.165) is 25.3 Å². The van der Waals surface area contributed by atoms with Crippen LogP contribution in [0.25, 0.3) is 0 Å². The number of anilines is 1. The zero-order chi connectivity index (χ0) is 17.6. The first-order valence-electron chi connectivity index (χ1n) is 8.91. The highest BCUT2D eigenvalue weighted by Crippen LogP contribution is 2.34. The lowest BCUT2D eigenvalue weighted by atomic mass is 9.94. The van der Waals surface area contributed by atoms with Crippen LogP contribution in [0.2, 0.25) is 0 Å². The molecule has 2 N–H and O–H groups in total. The Morgan fingerprint density at radius 3 is 2.76 bits per heavy atom. The number of carbonyl (C=O) groups is 1. The molecule has 1 aliphatic heterocycles. The molecule has 1 heterocycles. The van der Waals surface area contributed by atoms with E-state index >= 15 is 0 Å². The predicted octanol–water partition coefficient (Wildman–Crippen LogP) is 4.07. The molecule has 3 atom stereocenters. The number of carbonyl (C=O) groups excluding carboxylic acids is 1. The summed E-state index contributed by atoms with van der Waals surface area (Å²) in [6.07, 6.45) is 1.25. The Morgan fingerprint density at radius 2 is 2.00 bits per heavy atom. The summed E-state index contributed by atoms with van der Waals surface area (Å²) in [6, 6.07) is 18.7. The summed E-state index contributed by atoms with van der Waals surface area (Å²) in [7, 11) is 0. The van der Waals surface area contributed by atoms with Crippen molar-refractivity contribution < 1.29 is 9.53 Å². The van der Waals surface area contributed by atoms with E-state index in [0.29, 0.717) is 5.92 Å². The largest absolute Gasteiger partial charge is 0.373 e. The topological polar surface area (TPSA) is 50.4 Å². The monoisotopic (exact) mass is 338 g/mol. The van der Waals surface area contributed by atoms with Crippen molar-refractivity contribution in [2.45, 2.75) is 32.4 Å². The summed E-state index contributed by atoms with van der Waals surface area (Å²) in [5.74, 6) is 0.426. The molecule has 2 aromatic rings. The molecule has 0 bridgehead atoms. The summed E-state index contributed by atoms with van der Waals surface area (Å²) in [4.78, 5) is 11.2. The molecule has 0 unspecified atom stereocenters. The third kappa shape index (κ3) is 4.68. The predicted molar refractivity (Wildman–Crippen MR) is 100 cm³/mol. The van der Waals surface area contributed by atoms with Gasteiger partial charge >= 0.3 is 0 Å². The van der Waals surface area contributed by atoms with E-state index in [1.54, 1.807) is 0 Å². The molecule has 0 saturated carbocycles. The van der Waals surface area contributed by atoms with Crippen LogP contribution in [0.1, 0.15) is 43.5 Å². The maximum Gasteiger partial charge on any atom is 0.221 e. The van der Waals surface area contributed by atoms with Crippen molar-refractivity contribution in [3.8, 4) is 0 Å². The smallest absolute Gasteiger partial charge is 0.221 e. The van der Waals surface area contributed by atoms with Crippen LogP contribution in [0.15, 0.2) is 54.6 Å². The number of nitrogens with one attached hydrogen (secondary N) is 2. The average Bonchev–Trinajstić information content (AvgIpc) is 3.08. The highest BCUT2D eigenvalue weighted by molar-refractivity contribution is 5.88. The summed E-state index contributed by atoms with van der Waals surface area (Å²) in [5.41, 5.74) is 3.26. The van der Waals surface area contributed by atoms with Crippen LogP contribution in [-0.2, 0) is 9.53 Å². The number of rotatable bonds is 6. The van der Waals surface area contributed by atoms with E-state index in [-0.39, 0.29) is 18.1 Å². The Balaban J connectivity index is 1.60. The Bertz CT molecular complexity index is 702. The Morgan fingerprint density at radius 1 is 1.20 bits per heavy atom. The number of hydrogen-bond donors (Lipinski definition) is 2. The number of benzene rings is 2. The van der Waals surface area contributed by atoms with Crippen LogP contribution >= 0.6 is 0 Å². The van der Waals surface area contributed by atoms with Gasteiger partial charge in [0.05, 0.1) is 6.10 Å². The molecule has 0 aliphatic carbocycles. The van der Waals surface area contributed by atoms with Crippen molar-refractivity contribution in [2.75, 3.05) is 18.5 Å². The molecule has 132 valence electrons. The zero-order valence-electron chi connectivity index (χ0n) is 14.9. The van der Waals surface area contributed by atoms with Crippen molar-refractivity contribution in [3.63, 3.8) is 0 Å². The second-order valence-electron chi connectivity index (χ2n) is 6.69. The summed E-state index contributed by atoms with van der Waals surface area (Å²) >= 11 is 0. The standard InChI is InChI=1S/C21H26N2O2/c1-15(18-9-6-10-20(13-18)23-16(2)24)22-14-19-11-12-25-21(19)17-7-4-3-5-8-17/h3-10,13,15,19,21-22H,11-12,14H2,1-2H3,(H,23,24)/t15-,19+,21+/m0/s1. The van der Waals surface area contributed by atoms with Gasteiger partial charge in [0.25, 0.3) is 0 Å². The van der Waals surface area contributed by atoms with Crippen molar-refractivity contribution >= 4 is 11.6 Å². The quantitative estimate of drug-likeness (QED) is 0.835. The van der Waals surface area contributed by atoms with E-state index in [1.165, 1.54) is 18.1 Å². The van der Waals surface area contributed by atoms with Crippen molar-refractivity contribution in [1.29, 1.82) is 0 Å². The number of hydrogen-bond acceptors (Lipinski definition) is 3. The van der Waals surface area contributed by atoms with Crippen molar-refractivity contribution in [1.82, 2.24) is 5.32 Å². The minimum Gasteiger partial charge on any atom is -0.373 e. The van der Waals surface area contributed by atoms with Gasteiger partial charge in [-0.05, 0) is 36.6 Å². The van der Waals surface area contributed by atoms with Crippen LogP contribution in [0.5, 0.6) is 0 Å². The fourth-order valence-corrected chi connectivity index (χ4v) is 3.39. The number of amides is 1. The maximum atomic E-state index is 11.2. The van der Waals surface area contributed by atoms with Gasteiger partial charge in [0, 0.05) is 37.7 Å². The fourth-order valence-electron chi connectivity index (χ4n) is 3.39. The van der Waals surface area contributed by atoms with Crippen molar-refractivity contribution in [3.05, 3.63) is 65.7 Å². The van der Waals surface area contributed by atoms with Crippen molar-refractivity contribution in [2.24, 2.45) is 5.92 Å². The molecule has 25 heavy (non-hydrogen) atoms. The van der Waals surface area contributed by atoms with Crippen LogP contribution in [0.4, 0.5) is 5.69 Å². The molecular weight excluding hydrogens is 312 g/mol. The highest BCUT2D eigenvalue weighted by atomic mass is 16.5. The molecule has 4 heteroatoms. The molecule has 1 aliphatic rings. The lowest BCUT2D eigenvalue weighted by molar-refractivity contribution is -0.114. The first-order valence-corrected chi connectivity index (χ1v) is 8.91. The minimum atomic E-state index is -0.0495. The van der Waals surface area contributed by atoms with Crippen LogP contribution in [-0.4, -0.2) is 19.1 Å². The Labute approximate surface area is 149 Å².